The Morgan fingerprint density at radius 3 is 2.23 bits per heavy atom. The Labute approximate surface area is 232 Å². The number of halogens is 3. The third-order valence-corrected chi connectivity index (χ3v) is 7.29. The second kappa shape index (κ2) is 14.4. The summed E-state index contributed by atoms with van der Waals surface area (Å²) in [6.45, 7) is 6.04. The molecule has 0 unspecified atom stereocenters. The second-order valence-corrected chi connectivity index (χ2v) is 11.6. The molecular formula is C27H35F3N2O7S. The van der Waals surface area contributed by atoms with E-state index < -0.39 is 57.3 Å². The van der Waals surface area contributed by atoms with E-state index in [4.69, 9.17) is 9.47 Å². The van der Waals surface area contributed by atoms with Crippen molar-refractivity contribution in [1.29, 1.82) is 0 Å². The molecule has 0 radical (unpaired) electrons. The van der Waals surface area contributed by atoms with Gasteiger partial charge in [-0.3, -0.25) is 4.79 Å². The van der Waals surface area contributed by atoms with Gasteiger partial charge in [0.25, 0.3) is 0 Å². The number of ether oxygens (including phenoxy) is 3. The highest BCUT2D eigenvalue weighted by molar-refractivity contribution is 7.89. The summed E-state index contributed by atoms with van der Waals surface area (Å²) >= 11 is 0. The van der Waals surface area contributed by atoms with Gasteiger partial charge in [-0.1, -0.05) is 42.5 Å². The number of nitrogens with one attached hydrogen (secondary N) is 1. The fraction of sp³-hybridized carbons (Fsp3) is 0.481. The van der Waals surface area contributed by atoms with Crippen LogP contribution in [0.15, 0.2) is 59.5 Å². The number of amides is 1. The van der Waals surface area contributed by atoms with Gasteiger partial charge in [-0.2, -0.15) is 4.31 Å². The van der Waals surface area contributed by atoms with E-state index in [2.05, 4.69) is 10.1 Å². The van der Waals surface area contributed by atoms with Gasteiger partial charge >= 0.3 is 18.4 Å². The van der Waals surface area contributed by atoms with Crippen LogP contribution in [0.3, 0.4) is 0 Å². The average molecular weight is 589 g/mol. The number of sulfonamides is 1. The van der Waals surface area contributed by atoms with Gasteiger partial charge in [0.2, 0.25) is 10.0 Å². The number of esters is 1. The van der Waals surface area contributed by atoms with Crippen molar-refractivity contribution in [3.8, 4) is 5.75 Å². The minimum Gasteiger partial charge on any atom is -0.465 e. The second-order valence-electron chi connectivity index (χ2n) is 9.76. The molecule has 40 heavy (non-hydrogen) atoms. The molecule has 0 fully saturated rings. The molecular weight excluding hydrogens is 553 g/mol. The molecule has 1 N–H and O–H groups in total. The minimum absolute atomic E-state index is 0.0242. The molecule has 0 aliphatic rings. The monoisotopic (exact) mass is 588 g/mol. The molecule has 0 aliphatic heterocycles. The van der Waals surface area contributed by atoms with Gasteiger partial charge in [-0.25, -0.2) is 13.2 Å². The van der Waals surface area contributed by atoms with Gasteiger partial charge in [0, 0.05) is 12.6 Å². The number of hydrogen-bond acceptors (Lipinski definition) is 7. The van der Waals surface area contributed by atoms with Crippen LogP contribution in [0.2, 0.25) is 0 Å². The molecule has 222 valence electrons. The Morgan fingerprint density at radius 1 is 1.00 bits per heavy atom. The summed E-state index contributed by atoms with van der Waals surface area (Å²) in [5.41, 5.74) is 0.0209. The van der Waals surface area contributed by atoms with E-state index >= 15 is 0 Å². The third kappa shape index (κ3) is 11.0. The highest BCUT2D eigenvalue weighted by atomic mass is 32.2. The molecule has 1 amide bonds. The Hall–Kier alpha value is -3.32. The number of rotatable bonds is 13. The fourth-order valence-electron chi connectivity index (χ4n) is 3.82. The van der Waals surface area contributed by atoms with Crippen molar-refractivity contribution < 1.29 is 45.4 Å². The van der Waals surface area contributed by atoms with E-state index in [0.717, 1.165) is 22.0 Å². The number of benzene rings is 2. The Kier molecular flexibility index (Phi) is 11.8. The van der Waals surface area contributed by atoms with Crippen molar-refractivity contribution in [2.24, 2.45) is 0 Å². The molecule has 0 aliphatic carbocycles. The molecule has 1 atom stereocenters. The van der Waals surface area contributed by atoms with Crippen LogP contribution in [0.1, 0.15) is 46.1 Å². The van der Waals surface area contributed by atoms with Crippen LogP contribution in [0.4, 0.5) is 18.0 Å². The molecule has 2 aromatic rings. The van der Waals surface area contributed by atoms with Crippen molar-refractivity contribution >= 4 is 22.1 Å². The summed E-state index contributed by atoms with van der Waals surface area (Å²) in [5, 5.41) is 2.60. The molecule has 0 saturated carbocycles. The van der Waals surface area contributed by atoms with Gasteiger partial charge < -0.3 is 19.5 Å². The number of nitrogens with zero attached hydrogens (tertiary/aromatic N) is 1. The zero-order chi connectivity index (χ0) is 30.0. The largest absolute Gasteiger partial charge is 0.573 e. The maximum atomic E-state index is 13.9. The van der Waals surface area contributed by atoms with Crippen molar-refractivity contribution in [2.75, 3.05) is 19.7 Å². The minimum atomic E-state index is -5.14. The molecule has 0 saturated heterocycles. The van der Waals surface area contributed by atoms with Crippen molar-refractivity contribution in [3.05, 3.63) is 60.2 Å². The van der Waals surface area contributed by atoms with Crippen LogP contribution in [0.5, 0.6) is 5.75 Å². The Balaban J connectivity index is 2.44. The standard InChI is InChI=1S/C27H35F3N2O7S/c1-5-37-24(33)19-32(40(35,36)23-16-10-9-15-22(23)38-27(28,29)30)21(18-20-12-7-6-8-13-20)14-11-17-31-25(34)39-26(2,3)4/h6-10,12-13,15-16,21H,5,11,14,17-19H2,1-4H3,(H,31,34)/t21-/m0/s1. The van der Waals surface area contributed by atoms with Gasteiger partial charge in [0.1, 0.15) is 22.8 Å². The summed E-state index contributed by atoms with van der Waals surface area (Å²) < 4.78 is 82.1. The number of carbonyl (C=O) groups excluding carboxylic acids is 2. The first kappa shape index (κ1) is 32.9. The summed E-state index contributed by atoms with van der Waals surface area (Å²) in [6, 6.07) is 12.3. The lowest BCUT2D eigenvalue weighted by atomic mass is 10.0. The predicted molar refractivity (Wildman–Crippen MR) is 141 cm³/mol. The summed E-state index contributed by atoms with van der Waals surface area (Å²) in [4.78, 5) is 23.8. The summed E-state index contributed by atoms with van der Waals surface area (Å²) in [5.74, 6) is -1.79. The first-order valence-electron chi connectivity index (χ1n) is 12.7. The highest BCUT2D eigenvalue weighted by Gasteiger charge is 2.38. The van der Waals surface area contributed by atoms with Crippen LogP contribution in [0, 0.1) is 0 Å². The normalized spacial score (nSPS) is 13.0. The van der Waals surface area contributed by atoms with Crippen LogP contribution in [-0.4, -0.2) is 62.5 Å². The lowest BCUT2D eigenvalue weighted by Gasteiger charge is -2.31. The molecule has 0 spiro atoms. The molecule has 13 heteroatoms. The van der Waals surface area contributed by atoms with Gasteiger partial charge in [0.15, 0.2) is 0 Å². The SMILES string of the molecule is CCOC(=O)CN([C@@H](CCCNC(=O)OC(C)(C)C)Cc1ccccc1)S(=O)(=O)c1ccccc1OC(F)(F)F. The van der Waals surface area contributed by atoms with Crippen LogP contribution in [-0.2, 0) is 30.7 Å². The van der Waals surface area contributed by atoms with E-state index in [1.807, 2.05) is 0 Å². The van der Waals surface area contributed by atoms with Crippen LogP contribution < -0.4 is 10.1 Å². The third-order valence-electron chi connectivity index (χ3n) is 5.36. The number of hydrogen-bond donors (Lipinski definition) is 1. The average Bonchev–Trinajstić information content (AvgIpc) is 2.83. The topological polar surface area (TPSA) is 111 Å². The maximum absolute atomic E-state index is 13.9. The smallest absolute Gasteiger partial charge is 0.465 e. The zero-order valence-electron chi connectivity index (χ0n) is 22.9. The van der Waals surface area contributed by atoms with Gasteiger partial charge in [-0.15, -0.1) is 13.2 Å². The molecule has 0 heterocycles. The Morgan fingerprint density at radius 2 is 1.62 bits per heavy atom. The molecule has 0 bridgehead atoms. The Bertz CT molecular complexity index is 1220. The lowest BCUT2D eigenvalue weighted by molar-refractivity contribution is -0.275. The summed E-state index contributed by atoms with van der Waals surface area (Å²) in [6.07, 6.45) is -5.25. The van der Waals surface area contributed by atoms with E-state index in [0.29, 0.717) is 0 Å². The van der Waals surface area contributed by atoms with Crippen molar-refractivity contribution in [2.45, 2.75) is 69.9 Å². The number of alkyl carbamates (subject to hydrolysis) is 1. The molecule has 9 nitrogen and oxygen atoms in total. The predicted octanol–water partition coefficient (Wildman–Crippen LogP) is 5.06. The fourth-order valence-corrected chi connectivity index (χ4v) is 5.53. The maximum Gasteiger partial charge on any atom is 0.573 e. The van der Waals surface area contributed by atoms with Crippen molar-refractivity contribution in [3.63, 3.8) is 0 Å². The number of para-hydroxylation sites is 1. The van der Waals surface area contributed by atoms with Crippen LogP contribution >= 0.6 is 0 Å². The van der Waals surface area contributed by atoms with Gasteiger partial charge in [-0.05, 0) is 64.7 Å². The lowest BCUT2D eigenvalue weighted by Crippen LogP contribution is -2.45. The number of alkyl halides is 3. The first-order chi connectivity index (χ1) is 18.6. The zero-order valence-corrected chi connectivity index (χ0v) is 23.7. The van der Waals surface area contributed by atoms with E-state index in [1.54, 1.807) is 58.0 Å². The van der Waals surface area contributed by atoms with Crippen molar-refractivity contribution in [1.82, 2.24) is 9.62 Å². The van der Waals surface area contributed by atoms with E-state index in [1.165, 1.54) is 12.1 Å². The molecule has 2 aromatic carbocycles. The molecule has 0 aromatic heterocycles. The highest BCUT2D eigenvalue weighted by Crippen LogP contribution is 2.33. The molecule has 2 rings (SSSR count). The van der Waals surface area contributed by atoms with E-state index in [-0.39, 0.29) is 32.4 Å². The van der Waals surface area contributed by atoms with E-state index in [9.17, 15) is 31.2 Å². The first-order valence-corrected chi connectivity index (χ1v) is 14.1. The number of carbonyl (C=O) groups is 2. The van der Waals surface area contributed by atoms with Gasteiger partial charge in [0.05, 0.1) is 6.61 Å². The van der Waals surface area contributed by atoms with Crippen LogP contribution in [0.25, 0.3) is 0 Å². The quantitative estimate of drug-likeness (QED) is 0.257. The summed E-state index contributed by atoms with van der Waals surface area (Å²) in [7, 11) is -4.72.